The Kier molecular flexibility index (Phi) is 4.46. The molecule has 2 aromatic rings. The van der Waals surface area contributed by atoms with Gasteiger partial charge in [-0.25, -0.2) is 4.68 Å². The van der Waals surface area contributed by atoms with Gasteiger partial charge in [-0.1, -0.05) is 17.3 Å². The molecule has 0 radical (unpaired) electrons. The lowest BCUT2D eigenvalue weighted by atomic mass is 10.2. The summed E-state index contributed by atoms with van der Waals surface area (Å²) in [5, 5.41) is 10.5. The lowest BCUT2D eigenvalue weighted by Crippen LogP contribution is -2.32. The van der Waals surface area contributed by atoms with E-state index in [1.54, 1.807) is 38.4 Å². The molecule has 0 unspecified atom stereocenters. The molecule has 130 valence electrons. The molecule has 0 spiro atoms. The molecule has 9 heteroatoms. The minimum atomic E-state index is -0.368. The SMILES string of the molecule is CN(C)C(=O)Cn1cc(C(=O)N2CCC(=O)Nc3ccccc32)nn1. The highest BCUT2D eigenvalue weighted by Crippen LogP contribution is 2.29. The molecule has 3 amide bonds. The van der Waals surface area contributed by atoms with Crippen molar-refractivity contribution in [1.29, 1.82) is 0 Å². The van der Waals surface area contributed by atoms with Gasteiger partial charge in [-0.2, -0.15) is 0 Å². The monoisotopic (exact) mass is 342 g/mol. The lowest BCUT2D eigenvalue weighted by molar-refractivity contribution is -0.129. The molecule has 0 atom stereocenters. The molecule has 3 rings (SSSR count). The van der Waals surface area contributed by atoms with Gasteiger partial charge >= 0.3 is 0 Å². The van der Waals surface area contributed by atoms with Crippen LogP contribution >= 0.6 is 0 Å². The highest BCUT2D eigenvalue weighted by atomic mass is 16.2. The first-order valence-electron chi connectivity index (χ1n) is 7.77. The van der Waals surface area contributed by atoms with E-state index in [0.29, 0.717) is 11.4 Å². The van der Waals surface area contributed by atoms with Crippen LogP contribution in [0.3, 0.4) is 0 Å². The van der Waals surface area contributed by atoms with Crippen LogP contribution in [-0.4, -0.2) is 58.3 Å². The number of hydrogen-bond acceptors (Lipinski definition) is 5. The molecule has 0 bridgehead atoms. The molecule has 1 N–H and O–H groups in total. The van der Waals surface area contributed by atoms with E-state index in [0.717, 1.165) is 0 Å². The van der Waals surface area contributed by atoms with Gasteiger partial charge in [0.25, 0.3) is 5.91 Å². The van der Waals surface area contributed by atoms with Crippen molar-refractivity contribution >= 4 is 29.1 Å². The summed E-state index contributed by atoms with van der Waals surface area (Å²) < 4.78 is 1.32. The fourth-order valence-corrected chi connectivity index (χ4v) is 2.46. The van der Waals surface area contributed by atoms with E-state index < -0.39 is 0 Å². The number of amides is 3. The number of rotatable bonds is 3. The van der Waals surface area contributed by atoms with Gasteiger partial charge in [-0.05, 0) is 12.1 Å². The van der Waals surface area contributed by atoms with Crippen molar-refractivity contribution in [1.82, 2.24) is 19.9 Å². The predicted octanol–water partition coefficient (Wildman–Crippen LogP) is 0.355. The topological polar surface area (TPSA) is 100 Å². The zero-order valence-corrected chi connectivity index (χ0v) is 14.0. The maximum Gasteiger partial charge on any atom is 0.280 e. The number of benzene rings is 1. The van der Waals surface area contributed by atoms with E-state index in [1.807, 2.05) is 0 Å². The first-order chi connectivity index (χ1) is 12.0. The predicted molar refractivity (Wildman–Crippen MR) is 90.1 cm³/mol. The van der Waals surface area contributed by atoms with Crippen molar-refractivity contribution < 1.29 is 14.4 Å². The summed E-state index contributed by atoms with van der Waals surface area (Å²) in [7, 11) is 3.28. The molecule has 1 aliphatic rings. The van der Waals surface area contributed by atoms with Crippen molar-refractivity contribution in [3.8, 4) is 0 Å². The van der Waals surface area contributed by atoms with Crippen LogP contribution in [-0.2, 0) is 16.1 Å². The third kappa shape index (κ3) is 3.49. The summed E-state index contributed by atoms with van der Waals surface area (Å²) in [6.07, 6.45) is 1.63. The second kappa shape index (κ2) is 6.71. The highest BCUT2D eigenvalue weighted by molar-refractivity contribution is 6.09. The van der Waals surface area contributed by atoms with Crippen LogP contribution in [0.25, 0.3) is 0 Å². The minimum Gasteiger partial charge on any atom is -0.347 e. The smallest absolute Gasteiger partial charge is 0.280 e. The normalized spacial score (nSPS) is 13.7. The fourth-order valence-electron chi connectivity index (χ4n) is 2.46. The molecule has 0 aliphatic carbocycles. The Balaban J connectivity index is 1.85. The van der Waals surface area contributed by atoms with Gasteiger partial charge in [-0.3, -0.25) is 14.4 Å². The van der Waals surface area contributed by atoms with E-state index in [4.69, 9.17) is 0 Å². The van der Waals surface area contributed by atoms with E-state index >= 15 is 0 Å². The van der Waals surface area contributed by atoms with Crippen LogP contribution < -0.4 is 10.2 Å². The van der Waals surface area contributed by atoms with Crippen molar-refractivity contribution in [3.05, 3.63) is 36.2 Å². The maximum atomic E-state index is 12.8. The van der Waals surface area contributed by atoms with E-state index in [9.17, 15) is 14.4 Å². The third-order valence-electron chi connectivity index (χ3n) is 3.83. The zero-order valence-electron chi connectivity index (χ0n) is 14.0. The summed E-state index contributed by atoms with van der Waals surface area (Å²) in [6, 6.07) is 7.09. The lowest BCUT2D eigenvalue weighted by Gasteiger charge is -2.20. The van der Waals surface area contributed by atoms with Crippen LogP contribution in [0.15, 0.2) is 30.5 Å². The standard InChI is InChI=1S/C16H18N6O3/c1-20(2)15(24)10-21-9-12(18-19-21)16(25)22-8-7-14(23)17-11-5-3-4-6-13(11)22/h3-6,9H,7-8,10H2,1-2H3,(H,17,23). The number of carbonyl (C=O) groups excluding carboxylic acids is 3. The first kappa shape index (κ1) is 16.6. The minimum absolute atomic E-state index is 0.00388. The molecule has 1 aromatic carbocycles. The van der Waals surface area contributed by atoms with Gasteiger partial charge in [0.05, 0.1) is 17.6 Å². The van der Waals surface area contributed by atoms with Gasteiger partial charge in [0.15, 0.2) is 5.69 Å². The van der Waals surface area contributed by atoms with Gasteiger partial charge in [0.2, 0.25) is 11.8 Å². The second-order valence-electron chi connectivity index (χ2n) is 5.86. The molecule has 1 aromatic heterocycles. The van der Waals surface area contributed by atoms with Crippen LogP contribution in [0.5, 0.6) is 0 Å². The van der Waals surface area contributed by atoms with Crippen LogP contribution in [0, 0.1) is 0 Å². The van der Waals surface area contributed by atoms with Crippen molar-refractivity contribution in [3.63, 3.8) is 0 Å². The Bertz CT molecular complexity index is 829. The number of aromatic nitrogens is 3. The summed E-state index contributed by atoms with van der Waals surface area (Å²) in [5.74, 6) is -0.672. The Morgan fingerprint density at radius 2 is 2.04 bits per heavy atom. The maximum absolute atomic E-state index is 12.8. The van der Waals surface area contributed by atoms with E-state index in [1.165, 1.54) is 20.7 Å². The number of likely N-dealkylation sites (N-methyl/N-ethyl adjacent to an activating group) is 1. The molecule has 2 heterocycles. The molecule has 0 fully saturated rings. The van der Waals surface area contributed by atoms with Gasteiger partial charge in [0, 0.05) is 27.1 Å². The molecule has 1 aliphatic heterocycles. The number of fused-ring (bicyclic) bond motifs is 1. The Hall–Kier alpha value is -3.23. The molecule has 9 nitrogen and oxygen atoms in total. The number of nitrogens with one attached hydrogen (secondary N) is 1. The number of para-hydroxylation sites is 2. The Labute approximate surface area is 144 Å². The summed E-state index contributed by atoms with van der Waals surface area (Å²) in [4.78, 5) is 39.3. The van der Waals surface area contributed by atoms with Crippen LogP contribution in [0.2, 0.25) is 0 Å². The molecule has 25 heavy (non-hydrogen) atoms. The average Bonchev–Trinajstić information content (AvgIpc) is 2.97. The molecule has 0 saturated heterocycles. The zero-order chi connectivity index (χ0) is 18.0. The molecule has 0 saturated carbocycles. The van der Waals surface area contributed by atoms with Crippen LogP contribution in [0.4, 0.5) is 11.4 Å². The second-order valence-corrected chi connectivity index (χ2v) is 5.86. The van der Waals surface area contributed by atoms with E-state index in [2.05, 4.69) is 15.6 Å². The number of carbonyl (C=O) groups is 3. The van der Waals surface area contributed by atoms with Crippen molar-refractivity contribution in [2.75, 3.05) is 30.9 Å². The highest BCUT2D eigenvalue weighted by Gasteiger charge is 2.26. The number of anilines is 2. The Morgan fingerprint density at radius 1 is 1.28 bits per heavy atom. The fraction of sp³-hybridized carbons (Fsp3) is 0.312. The summed E-state index contributed by atoms with van der Waals surface area (Å²) in [6.45, 7) is 0.245. The number of hydrogen-bond donors (Lipinski definition) is 1. The van der Waals surface area contributed by atoms with Gasteiger partial charge in [-0.15, -0.1) is 5.10 Å². The van der Waals surface area contributed by atoms with Crippen molar-refractivity contribution in [2.45, 2.75) is 13.0 Å². The van der Waals surface area contributed by atoms with Crippen LogP contribution in [0.1, 0.15) is 16.9 Å². The quantitative estimate of drug-likeness (QED) is 0.868. The first-order valence-corrected chi connectivity index (χ1v) is 7.77. The van der Waals surface area contributed by atoms with Crippen molar-refractivity contribution in [2.24, 2.45) is 0 Å². The third-order valence-corrected chi connectivity index (χ3v) is 3.83. The number of nitrogens with zero attached hydrogens (tertiary/aromatic N) is 5. The summed E-state index contributed by atoms with van der Waals surface area (Å²) >= 11 is 0. The summed E-state index contributed by atoms with van der Waals surface area (Å²) in [5.41, 5.74) is 1.31. The largest absolute Gasteiger partial charge is 0.347 e. The molecular weight excluding hydrogens is 324 g/mol. The van der Waals surface area contributed by atoms with Gasteiger partial charge < -0.3 is 15.1 Å². The average molecular weight is 342 g/mol. The molecular formula is C16H18N6O3. The van der Waals surface area contributed by atoms with E-state index in [-0.39, 0.29) is 42.9 Å². The van der Waals surface area contributed by atoms with Gasteiger partial charge in [0.1, 0.15) is 6.54 Å². The Morgan fingerprint density at radius 3 is 2.80 bits per heavy atom.